The summed E-state index contributed by atoms with van der Waals surface area (Å²) in [5, 5.41) is 10.6. The predicted octanol–water partition coefficient (Wildman–Crippen LogP) is 4.91. The van der Waals surface area contributed by atoms with Crippen molar-refractivity contribution in [3.8, 4) is 22.3 Å². The van der Waals surface area contributed by atoms with Crippen LogP contribution in [-0.4, -0.2) is 34.8 Å². The topological polar surface area (TPSA) is 71.2 Å². The van der Waals surface area contributed by atoms with Gasteiger partial charge >= 0.3 is 0 Å². The number of thiophene rings is 1. The fourth-order valence-electron chi connectivity index (χ4n) is 4.60. The number of ether oxygens (including phenoxy) is 1. The second-order valence-electron chi connectivity index (χ2n) is 8.52. The van der Waals surface area contributed by atoms with Gasteiger partial charge in [0, 0.05) is 42.2 Å². The maximum atomic E-state index is 13.5. The largest absolute Gasteiger partial charge is 0.372 e. The molecule has 1 saturated heterocycles. The molecule has 4 heterocycles. The lowest BCUT2D eigenvalue weighted by atomic mass is 10.1. The monoisotopic (exact) mass is 456 g/mol. The summed E-state index contributed by atoms with van der Waals surface area (Å²) in [5.41, 5.74) is 3.57. The van der Waals surface area contributed by atoms with Crippen molar-refractivity contribution in [2.75, 3.05) is 18.0 Å². The summed E-state index contributed by atoms with van der Waals surface area (Å²) in [6.45, 7) is 7.88. The fourth-order valence-corrected chi connectivity index (χ4v) is 5.41. The molecule has 3 aromatic heterocycles. The summed E-state index contributed by atoms with van der Waals surface area (Å²) in [7, 11) is 0. The Morgan fingerprint density at radius 2 is 1.76 bits per heavy atom. The first-order valence-electron chi connectivity index (χ1n) is 11.0. The van der Waals surface area contributed by atoms with Gasteiger partial charge in [0.05, 0.1) is 28.2 Å². The van der Waals surface area contributed by atoms with Crippen LogP contribution in [0, 0.1) is 18.3 Å². The quantitative estimate of drug-likeness (QED) is 0.438. The Balaban J connectivity index is 1.55. The highest BCUT2D eigenvalue weighted by Gasteiger charge is 2.22. The molecule has 0 aliphatic carbocycles. The standard InChI is InChI=1S/C26H24N4O2S/c1-16-13-30(20-6-4-19(5-7-20)29-14-17(2)32-18(3)15-29)26(31)22-10-11-28-25(24(16)22)23-9-8-21(12-27)33-23/h4-11,13,17-18H,14-15H2,1-3H3/t17-,18?/m1/s1. The molecule has 7 heteroatoms. The Labute approximate surface area is 196 Å². The van der Waals surface area contributed by atoms with Crippen LogP contribution in [0.1, 0.15) is 24.3 Å². The number of hydrogen-bond acceptors (Lipinski definition) is 6. The van der Waals surface area contributed by atoms with Crippen molar-refractivity contribution in [2.24, 2.45) is 0 Å². The number of nitriles is 1. The fraction of sp³-hybridized carbons (Fsp3) is 0.269. The number of hydrogen-bond donors (Lipinski definition) is 0. The van der Waals surface area contributed by atoms with Crippen molar-refractivity contribution >= 4 is 27.8 Å². The Bertz CT molecular complexity index is 1420. The van der Waals surface area contributed by atoms with E-state index < -0.39 is 0 Å². The van der Waals surface area contributed by atoms with Gasteiger partial charge in [-0.15, -0.1) is 11.3 Å². The van der Waals surface area contributed by atoms with E-state index in [9.17, 15) is 10.1 Å². The second-order valence-corrected chi connectivity index (χ2v) is 9.61. The van der Waals surface area contributed by atoms with E-state index in [0.717, 1.165) is 46.0 Å². The number of nitrogens with zero attached hydrogens (tertiary/aromatic N) is 4. The zero-order chi connectivity index (χ0) is 23.1. The summed E-state index contributed by atoms with van der Waals surface area (Å²) in [6.07, 6.45) is 3.92. The van der Waals surface area contributed by atoms with Crippen LogP contribution in [0.25, 0.3) is 27.0 Å². The van der Waals surface area contributed by atoms with Crippen molar-refractivity contribution in [3.63, 3.8) is 0 Å². The van der Waals surface area contributed by atoms with Gasteiger partial charge in [0.2, 0.25) is 0 Å². The Morgan fingerprint density at radius 1 is 1.06 bits per heavy atom. The zero-order valence-electron chi connectivity index (χ0n) is 18.8. The first-order valence-corrected chi connectivity index (χ1v) is 11.8. The predicted molar refractivity (Wildman–Crippen MR) is 132 cm³/mol. The van der Waals surface area contributed by atoms with Crippen molar-refractivity contribution in [3.05, 3.63) is 75.7 Å². The van der Waals surface area contributed by atoms with Crippen LogP contribution in [0.4, 0.5) is 5.69 Å². The molecule has 0 N–H and O–H groups in total. The molecule has 0 radical (unpaired) electrons. The van der Waals surface area contributed by atoms with E-state index in [1.54, 1.807) is 22.9 Å². The molecule has 166 valence electrons. The van der Waals surface area contributed by atoms with Crippen LogP contribution in [0.3, 0.4) is 0 Å². The van der Waals surface area contributed by atoms with Gasteiger partial charge in [-0.3, -0.25) is 14.3 Å². The van der Waals surface area contributed by atoms with Gasteiger partial charge in [-0.05, 0) is 68.8 Å². The number of aromatic nitrogens is 2. The molecule has 4 aromatic rings. The van der Waals surface area contributed by atoms with Crippen LogP contribution in [-0.2, 0) is 4.74 Å². The highest BCUT2D eigenvalue weighted by atomic mass is 32.1. The van der Waals surface area contributed by atoms with E-state index in [1.807, 2.05) is 31.3 Å². The summed E-state index contributed by atoms with van der Waals surface area (Å²) >= 11 is 1.39. The molecule has 0 bridgehead atoms. The number of morpholine rings is 1. The summed E-state index contributed by atoms with van der Waals surface area (Å²) < 4.78 is 7.54. The minimum absolute atomic E-state index is 0.0855. The molecule has 0 amide bonds. The lowest BCUT2D eigenvalue weighted by molar-refractivity contribution is -0.00521. The first kappa shape index (κ1) is 21.4. The minimum Gasteiger partial charge on any atom is -0.372 e. The average Bonchev–Trinajstić information content (AvgIpc) is 3.30. The summed E-state index contributed by atoms with van der Waals surface area (Å²) in [6, 6.07) is 15.7. The molecule has 2 atom stereocenters. The molecule has 1 unspecified atom stereocenters. The van der Waals surface area contributed by atoms with Gasteiger partial charge < -0.3 is 9.64 Å². The van der Waals surface area contributed by atoms with Crippen molar-refractivity contribution < 1.29 is 4.74 Å². The summed E-state index contributed by atoms with van der Waals surface area (Å²) in [4.78, 5) is 21.8. The number of pyridine rings is 2. The Morgan fingerprint density at radius 3 is 2.42 bits per heavy atom. The highest BCUT2D eigenvalue weighted by molar-refractivity contribution is 7.16. The summed E-state index contributed by atoms with van der Waals surface area (Å²) in [5.74, 6) is 0. The third-order valence-electron chi connectivity index (χ3n) is 5.98. The van der Waals surface area contributed by atoms with Crippen molar-refractivity contribution in [1.29, 1.82) is 5.26 Å². The van der Waals surface area contributed by atoms with Crippen LogP contribution in [0.5, 0.6) is 0 Å². The minimum atomic E-state index is -0.0855. The average molecular weight is 457 g/mol. The van der Waals surface area contributed by atoms with Gasteiger partial charge in [0.25, 0.3) is 5.56 Å². The van der Waals surface area contributed by atoms with Gasteiger partial charge in [0.15, 0.2) is 0 Å². The van der Waals surface area contributed by atoms with Gasteiger partial charge in [-0.2, -0.15) is 5.26 Å². The molecule has 1 aliphatic heterocycles. The van der Waals surface area contributed by atoms with E-state index in [2.05, 4.69) is 41.9 Å². The number of benzene rings is 1. The smallest absolute Gasteiger partial charge is 0.263 e. The van der Waals surface area contributed by atoms with Crippen LogP contribution in [0.2, 0.25) is 0 Å². The van der Waals surface area contributed by atoms with E-state index in [-0.39, 0.29) is 17.8 Å². The first-order chi connectivity index (χ1) is 15.9. The SMILES string of the molecule is Cc1cn(-c2ccc(N3CC(C)O[C@H](C)C3)cc2)c(=O)c2ccnc(-c3ccc(C#N)s3)c12. The Kier molecular flexibility index (Phi) is 5.49. The van der Waals surface area contributed by atoms with Crippen molar-refractivity contribution in [2.45, 2.75) is 33.0 Å². The van der Waals surface area contributed by atoms with Gasteiger partial charge in [-0.1, -0.05) is 0 Å². The van der Waals surface area contributed by atoms with E-state index in [4.69, 9.17) is 4.74 Å². The molecule has 5 rings (SSSR count). The third-order valence-corrected chi connectivity index (χ3v) is 6.98. The van der Waals surface area contributed by atoms with E-state index in [0.29, 0.717) is 10.3 Å². The molecule has 6 nitrogen and oxygen atoms in total. The third kappa shape index (κ3) is 3.92. The van der Waals surface area contributed by atoms with Crippen LogP contribution >= 0.6 is 11.3 Å². The molecule has 1 aliphatic rings. The molecule has 0 spiro atoms. The normalized spacial score (nSPS) is 18.4. The molecule has 1 fully saturated rings. The highest BCUT2D eigenvalue weighted by Crippen LogP contribution is 2.33. The van der Waals surface area contributed by atoms with Crippen molar-refractivity contribution in [1.82, 2.24) is 9.55 Å². The number of rotatable bonds is 3. The number of aryl methyl sites for hydroxylation is 1. The zero-order valence-corrected chi connectivity index (χ0v) is 19.6. The lowest BCUT2D eigenvalue weighted by Gasteiger charge is -2.36. The molecular formula is C26H24N4O2S. The van der Waals surface area contributed by atoms with E-state index in [1.165, 1.54) is 11.3 Å². The lowest BCUT2D eigenvalue weighted by Crippen LogP contribution is -2.45. The number of fused-ring (bicyclic) bond motifs is 1. The van der Waals surface area contributed by atoms with E-state index >= 15 is 0 Å². The van der Waals surface area contributed by atoms with Crippen LogP contribution in [0.15, 0.2) is 59.7 Å². The Hall–Kier alpha value is -3.47. The second kappa shape index (κ2) is 8.47. The molecule has 0 saturated carbocycles. The van der Waals surface area contributed by atoms with Gasteiger partial charge in [-0.25, -0.2) is 0 Å². The number of anilines is 1. The maximum Gasteiger partial charge on any atom is 0.263 e. The van der Waals surface area contributed by atoms with Crippen LogP contribution < -0.4 is 10.5 Å². The molecule has 1 aromatic carbocycles. The molecule has 33 heavy (non-hydrogen) atoms. The maximum absolute atomic E-state index is 13.5. The molecular weight excluding hydrogens is 432 g/mol. The van der Waals surface area contributed by atoms with Gasteiger partial charge in [0.1, 0.15) is 10.9 Å².